The second-order valence-corrected chi connectivity index (χ2v) is 3.82. The predicted octanol–water partition coefficient (Wildman–Crippen LogP) is 3.27. The third kappa shape index (κ3) is 3.17. The van der Waals surface area contributed by atoms with Crippen molar-refractivity contribution in [3.05, 3.63) is 24.3 Å². The topological polar surface area (TPSA) is 17.1 Å². The van der Waals surface area contributed by atoms with Crippen molar-refractivity contribution < 1.29 is 4.79 Å². The summed E-state index contributed by atoms with van der Waals surface area (Å²) in [5.41, 5.74) is 1.06. The molecule has 1 nitrogen and oxygen atoms in total. The quantitative estimate of drug-likeness (QED) is 0.479. The summed E-state index contributed by atoms with van der Waals surface area (Å²) in [6.45, 7) is 5.83. The predicted molar refractivity (Wildman–Crippen MR) is 55.5 cm³/mol. The van der Waals surface area contributed by atoms with Crippen molar-refractivity contribution in [2.45, 2.75) is 39.0 Å². The summed E-state index contributed by atoms with van der Waals surface area (Å²) < 4.78 is 0. The fourth-order valence-corrected chi connectivity index (χ4v) is 1.75. The van der Waals surface area contributed by atoms with Crippen molar-refractivity contribution in [3.8, 4) is 0 Å². The molecular formula is C12H18O. The molecule has 1 heteroatoms. The van der Waals surface area contributed by atoms with Crippen molar-refractivity contribution in [1.82, 2.24) is 0 Å². The molecule has 0 heterocycles. The molecule has 0 amide bonds. The van der Waals surface area contributed by atoms with Gasteiger partial charge in [-0.3, -0.25) is 4.79 Å². The van der Waals surface area contributed by atoms with Crippen molar-refractivity contribution in [2.24, 2.45) is 5.92 Å². The number of hydrogen-bond donors (Lipinski definition) is 0. The zero-order valence-corrected chi connectivity index (χ0v) is 8.38. The van der Waals surface area contributed by atoms with Crippen LogP contribution in [0.3, 0.4) is 0 Å². The second kappa shape index (κ2) is 5.00. The first kappa shape index (κ1) is 10.2. The first-order chi connectivity index (χ1) is 6.24. The maximum atomic E-state index is 11.4. The van der Waals surface area contributed by atoms with Crippen LogP contribution in [0.5, 0.6) is 0 Å². The lowest BCUT2D eigenvalue weighted by atomic mass is 9.90. The van der Waals surface area contributed by atoms with Gasteiger partial charge in [0, 0.05) is 6.42 Å². The average Bonchev–Trinajstić information content (AvgIpc) is 2.09. The summed E-state index contributed by atoms with van der Waals surface area (Å²) in [5.74, 6) is 0.830. The van der Waals surface area contributed by atoms with E-state index in [1.54, 1.807) is 0 Å². The molecule has 1 rings (SSSR count). The standard InChI is InChI=1S/C12H18O/c1-3-6-10(2)9-11-7-4-5-8-12(11)13/h3,9-10H,1,4-8H2,2H3/b11-9+. The highest BCUT2D eigenvalue weighted by atomic mass is 16.1. The molecule has 1 aliphatic carbocycles. The van der Waals surface area contributed by atoms with Crippen molar-refractivity contribution >= 4 is 5.78 Å². The molecule has 72 valence electrons. The summed E-state index contributed by atoms with van der Waals surface area (Å²) in [6.07, 6.45) is 9.01. The Morgan fingerprint density at radius 2 is 2.15 bits per heavy atom. The lowest BCUT2D eigenvalue weighted by Gasteiger charge is -2.14. The van der Waals surface area contributed by atoms with Gasteiger partial charge >= 0.3 is 0 Å². The van der Waals surface area contributed by atoms with Crippen LogP contribution in [0.15, 0.2) is 24.3 Å². The van der Waals surface area contributed by atoms with Crippen LogP contribution in [0.4, 0.5) is 0 Å². The summed E-state index contributed by atoms with van der Waals surface area (Å²) in [4.78, 5) is 11.4. The molecule has 0 bridgehead atoms. The van der Waals surface area contributed by atoms with Crippen LogP contribution in [0, 0.1) is 5.92 Å². The maximum absolute atomic E-state index is 11.4. The van der Waals surface area contributed by atoms with Crippen LogP contribution in [-0.4, -0.2) is 5.78 Å². The van der Waals surface area contributed by atoms with Gasteiger partial charge in [-0.1, -0.05) is 19.1 Å². The second-order valence-electron chi connectivity index (χ2n) is 3.82. The van der Waals surface area contributed by atoms with Gasteiger partial charge in [0.2, 0.25) is 0 Å². The van der Waals surface area contributed by atoms with Gasteiger partial charge in [-0.25, -0.2) is 0 Å². The first-order valence-corrected chi connectivity index (χ1v) is 5.09. The largest absolute Gasteiger partial charge is 0.295 e. The van der Waals surface area contributed by atoms with Crippen LogP contribution in [0.25, 0.3) is 0 Å². The Morgan fingerprint density at radius 1 is 1.46 bits per heavy atom. The van der Waals surface area contributed by atoms with Gasteiger partial charge in [0.25, 0.3) is 0 Å². The molecule has 0 aromatic rings. The molecular weight excluding hydrogens is 160 g/mol. The minimum atomic E-state index is 0.363. The van der Waals surface area contributed by atoms with E-state index in [1.807, 2.05) is 6.08 Å². The van der Waals surface area contributed by atoms with Gasteiger partial charge in [0.05, 0.1) is 0 Å². The highest BCUT2D eigenvalue weighted by Crippen LogP contribution is 2.21. The Bertz CT molecular complexity index is 225. The normalized spacial score (nSPS) is 23.2. The third-order valence-corrected chi connectivity index (χ3v) is 2.48. The summed E-state index contributed by atoms with van der Waals surface area (Å²) in [7, 11) is 0. The Balaban J connectivity index is 2.56. The molecule has 0 saturated heterocycles. The first-order valence-electron chi connectivity index (χ1n) is 5.09. The molecule has 0 aromatic carbocycles. The SMILES string of the molecule is C=CCC(C)/C=C1\CCCCC1=O. The molecule has 0 radical (unpaired) electrons. The van der Waals surface area contributed by atoms with Gasteiger partial charge < -0.3 is 0 Å². The lowest BCUT2D eigenvalue weighted by molar-refractivity contribution is -0.116. The zero-order chi connectivity index (χ0) is 9.68. The molecule has 1 fully saturated rings. The summed E-state index contributed by atoms with van der Waals surface area (Å²) >= 11 is 0. The highest BCUT2D eigenvalue weighted by Gasteiger charge is 2.14. The molecule has 0 aliphatic heterocycles. The minimum absolute atomic E-state index is 0.363. The Hall–Kier alpha value is -0.850. The van der Waals surface area contributed by atoms with E-state index < -0.39 is 0 Å². The fourth-order valence-electron chi connectivity index (χ4n) is 1.75. The summed E-state index contributed by atoms with van der Waals surface area (Å²) in [5, 5.41) is 0. The Labute approximate surface area is 80.5 Å². The number of carbonyl (C=O) groups excluding carboxylic acids is 1. The van der Waals surface area contributed by atoms with E-state index in [-0.39, 0.29) is 0 Å². The van der Waals surface area contributed by atoms with E-state index in [4.69, 9.17) is 0 Å². The third-order valence-electron chi connectivity index (χ3n) is 2.48. The van der Waals surface area contributed by atoms with Crippen LogP contribution < -0.4 is 0 Å². The maximum Gasteiger partial charge on any atom is 0.158 e. The van der Waals surface area contributed by atoms with Crippen molar-refractivity contribution in [3.63, 3.8) is 0 Å². The van der Waals surface area contributed by atoms with Gasteiger partial charge in [0.15, 0.2) is 5.78 Å². The van der Waals surface area contributed by atoms with E-state index in [0.29, 0.717) is 11.7 Å². The smallest absolute Gasteiger partial charge is 0.158 e. The summed E-state index contributed by atoms with van der Waals surface area (Å²) in [6, 6.07) is 0. The number of carbonyl (C=O) groups is 1. The number of ketones is 1. The Morgan fingerprint density at radius 3 is 2.77 bits per heavy atom. The lowest BCUT2D eigenvalue weighted by Crippen LogP contribution is -2.09. The van der Waals surface area contributed by atoms with Crippen LogP contribution in [0.1, 0.15) is 39.0 Å². The fraction of sp³-hybridized carbons (Fsp3) is 0.583. The molecule has 0 spiro atoms. The Kier molecular flexibility index (Phi) is 3.94. The van der Waals surface area contributed by atoms with Gasteiger partial charge in [0.1, 0.15) is 0 Å². The van der Waals surface area contributed by atoms with E-state index in [2.05, 4.69) is 19.6 Å². The number of hydrogen-bond acceptors (Lipinski definition) is 1. The van der Waals surface area contributed by atoms with E-state index >= 15 is 0 Å². The van der Waals surface area contributed by atoms with Crippen molar-refractivity contribution in [2.75, 3.05) is 0 Å². The molecule has 1 saturated carbocycles. The van der Waals surface area contributed by atoms with Crippen LogP contribution in [-0.2, 0) is 4.79 Å². The highest BCUT2D eigenvalue weighted by molar-refractivity contribution is 5.95. The van der Waals surface area contributed by atoms with E-state index in [1.165, 1.54) is 6.42 Å². The van der Waals surface area contributed by atoms with Crippen molar-refractivity contribution in [1.29, 1.82) is 0 Å². The van der Waals surface area contributed by atoms with Crippen LogP contribution in [0.2, 0.25) is 0 Å². The van der Waals surface area contributed by atoms with Gasteiger partial charge in [-0.15, -0.1) is 6.58 Å². The van der Waals surface area contributed by atoms with E-state index in [0.717, 1.165) is 31.3 Å². The molecule has 1 atom stereocenters. The number of allylic oxidation sites excluding steroid dienone is 3. The molecule has 0 N–H and O–H groups in total. The zero-order valence-electron chi connectivity index (χ0n) is 8.38. The monoisotopic (exact) mass is 178 g/mol. The minimum Gasteiger partial charge on any atom is -0.295 e. The molecule has 13 heavy (non-hydrogen) atoms. The molecule has 0 aromatic heterocycles. The molecule has 1 unspecified atom stereocenters. The van der Waals surface area contributed by atoms with Crippen LogP contribution >= 0.6 is 0 Å². The van der Waals surface area contributed by atoms with Gasteiger partial charge in [-0.05, 0) is 37.2 Å². The van der Waals surface area contributed by atoms with Gasteiger partial charge in [-0.2, -0.15) is 0 Å². The van der Waals surface area contributed by atoms with E-state index in [9.17, 15) is 4.79 Å². The number of rotatable bonds is 3. The molecule has 1 aliphatic rings. The average molecular weight is 178 g/mol. The number of Topliss-reactive ketones (excluding diaryl/α,β-unsaturated/α-hetero) is 1.